The Bertz CT molecular complexity index is 487. The summed E-state index contributed by atoms with van der Waals surface area (Å²) in [4.78, 5) is 25.4. The van der Waals surface area contributed by atoms with Gasteiger partial charge in [0.05, 0.1) is 12.0 Å². The van der Waals surface area contributed by atoms with E-state index in [-0.39, 0.29) is 17.7 Å². The number of carbonyl (C=O) groups is 2. The normalized spacial score (nSPS) is 18.7. The molecule has 1 aromatic carbocycles. The summed E-state index contributed by atoms with van der Waals surface area (Å²) in [5, 5.41) is 8.99. The number of rotatable bonds is 4. The fraction of sp³-hybridized carbons (Fsp3) is 0.500. The second-order valence-electron chi connectivity index (χ2n) is 5.55. The van der Waals surface area contributed by atoms with E-state index in [1.165, 1.54) is 0 Å². The minimum absolute atomic E-state index is 0.110. The van der Waals surface area contributed by atoms with Crippen LogP contribution < -0.4 is 0 Å². The molecular weight excluding hydrogens is 254 g/mol. The summed E-state index contributed by atoms with van der Waals surface area (Å²) < 4.78 is 0. The lowest BCUT2D eigenvalue weighted by Crippen LogP contribution is -2.45. The number of hydrogen-bond acceptors (Lipinski definition) is 3. The Hall–Kier alpha value is -1.68. The summed E-state index contributed by atoms with van der Waals surface area (Å²) in [7, 11) is 0. The van der Waals surface area contributed by atoms with Crippen molar-refractivity contribution in [1.29, 1.82) is 0 Å². The molecule has 1 aliphatic rings. The molecule has 1 heterocycles. The van der Waals surface area contributed by atoms with Gasteiger partial charge in [0.1, 0.15) is 0 Å². The van der Waals surface area contributed by atoms with Crippen molar-refractivity contribution in [1.82, 2.24) is 4.90 Å². The molecule has 0 spiro atoms. The maximum Gasteiger partial charge on any atom is 0.306 e. The maximum atomic E-state index is 12.4. The van der Waals surface area contributed by atoms with E-state index in [4.69, 9.17) is 5.11 Å². The molecule has 1 atom stereocenters. The molecular formula is C16H21NO3. The van der Waals surface area contributed by atoms with Gasteiger partial charge in [-0.15, -0.1) is 0 Å². The van der Waals surface area contributed by atoms with Crippen molar-refractivity contribution in [3.8, 4) is 0 Å². The summed E-state index contributed by atoms with van der Waals surface area (Å²) in [6, 6.07) is 7.41. The van der Waals surface area contributed by atoms with Crippen LogP contribution in [0.2, 0.25) is 0 Å². The molecule has 1 saturated heterocycles. The highest BCUT2D eigenvalue weighted by atomic mass is 16.4. The van der Waals surface area contributed by atoms with Crippen molar-refractivity contribution < 1.29 is 14.7 Å². The van der Waals surface area contributed by atoms with Gasteiger partial charge in [-0.2, -0.15) is 0 Å². The summed E-state index contributed by atoms with van der Waals surface area (Å²) in [6.07, 6.45) is 1.25. The van der Waals surface area contributed by atoms with Gasteiger partial charge in [0, 0.05) is 5.56 Å². The van der Waals surface area contributed by atoms with Gasteiger partial charge in [0.25, 0.3) is 0 Å². The highest BCUT2D eigenvalue weighted by molar-refractivity contribution is 5.99. The highest BCUT2D eigenvalue weighted by Gasteiger charge is 2.29. The van der Waals surface area contributed by atoms with E-state index in [0.29, 0.717) is 25.9 Å². The lowest BCUT2D eigenvalue weighted by molar-refractivity contribution is -0.143. The van der Waals surface area contributed by atoms with Crippen molar-refractivity contribution in [2.45, 2.75) is 32.7 Å². The molecule has 4 heteroatoms. The second-order valence-corrected chi connectivity index (χ2v) is 5.55. The molecule has 20 heavy (non-hydrogen) atoms. The molecule has 0 radical (unpaired) electrons. The first-order chi connectivity index (χ1) is 9.49. The van der Waals surface area contributed by atoms with Crippen LogP contribution in [0, 0.1) is 12.8 Å². The molecule has 0 aromatic heterocycles. The third-order valence-corrected chi connectivity index (χ3v) is 4.14. The zero-order valence-corrected chi connectivity index (χ0v) is 12.0. The fourth-order valence-corrected chi connectivity index (χ4v) is 2.66. The number of ketones is 1. The Morgan fingerprint density at radius 1 is 1.20 bits per heavy atom. The molecule has 1 unspecified atom stereocenters. The lowest BCUT2D eigenvalue weighted by atomic mass is 9.94. The molecule has 1 aromatic rings. The quantitative estimate of drug-likeness (QED) is 0.857. The Labute approximate surface area is 119 Å². The summed E-state index contributed by atoms with van der Waals surface area (Å²) >= 11 is 0. The van der Waals surface area contributed by atoms with Gasteiger partial charge in [-0.3, -0.25) is 14.5 Å². The van der Waals surface area contributed by atoms with Gasteiger partial charge in [0.2, 0.25) is 0 Å². The lowest BCUT2D eigenvalue weighted by Gasteiger charge is -2.33. The molecule has 108 valence electrons. The minimum atomic E-state index is -0.720. The van der Waals surface area contributed by atoms with Gasteiger partial charge in [-0.25, -0.2) is 0 Å². The predicted octanol–water partition coefficient (Wildman–Crippen LogP) is 2.36. The molecule has 0 aliphatic carbocycles. The first-order valence-electron chi connectivity index (χ1n) is 7.07. The van der Waals surface area contributed by atoms with Crippen LogP contribution in [0.15, 0.2) is 24.3 Å². The molecule has 0 bridgehead atoms. The monoisotopic (exact) mass is 275 g/mol. The summed E-state index contributed by atoms with van der Waals surface area (Å²) in [5.74, 6) is -0.867. The van der Waals surface area contributed by atoms with E-state index < -0.39 is 5.97 Å². The first kappa shape index (κ1) is 14.7. The van der Waals surface area contributed by atoms with Gasteiger partial charge < -0.3 is 5.11 Å². The molecule has 0 amide bonds. The number of Topliss-reactive ketones (excluding diaryl/α,β-unsaturated/α-hetero) is 1. The standard InChI is InChI=1S/C16H21NO3/c1-11-3-5-13(6-4-11)15(18)12(2)17-9-7-14(8-10-17)16(19)20/h3-6,12,14H,7-10H2,1-2H3,(H,19,20). The smallest absolute Gasteiger partial charge is 0.306 e. The van der Waals surface area contributed by atoms with E-state index in [1.807, 2.05) is 38.1 Å². The number of benzene rings is 1. The van der Waals surface area contributed by atoms with Crippen LogP contribution in [0.4, 0.5) is 0 Å². The topological polar surface area (TPSA) is 57.6 Å². The van der Waals surface area contributed by atoms with E-state index >= 15 is 0 Å². The highest BCUT2D eigenvalue weighted by Crippen LogP contribution is 2.20. The van der Waals surface area contributed by atoms with E-state index in [1.54, 1.807) is 0 Å². The second kappa shape index (κ2) is 6.18. The average molecular weight is 275 g/mol. The van der Waals surface area contributed by atoms with Gasteiger partial charge in [-0.1, -0.05) is 29.8 Å². The number of hydrogen-bond donors (Lipinski definition) is 1. The molecule has 2 rings (SSSR count). The van der Waals surface area contributed by atoms with Crippen LogP contribution in [-0.4, -0.2) is 40.9 Å². The molecule has 1 aliphatic heterocycles. The zero-order chi connectivity index (χ0) is 14.7. The predicted molar refractivity (Wildman–Crippen MR) is 76.9 cm³/mol. The number of aryl methyl sites for hydroxylation is 1. The van der Waals surface area contributed by atoms with Gasteiger partial charge in [0.15, 0.2) is 5.78 Å². The van der Waals surface area contributed by atoms with Gasteiger partial charge >= 0.3 is 5.97 Å². The number of carbonyl (C=O) groups excluding carboxylic acids is 1. The first-order valence-corrected chi connectivity index (χ1v) is 7.07. The average Bonchev–Trinajstić information content (AvgIpc) is 2.46. The molecule has 1 fully saturated rings. The van der Waals surface area contributed by atoms with Crippen LogP contribution in [-0.2, 0) is 4.79 Å². The van der Waals surface area contributed by atoms with Crippen LogP contribution >= 0.6 is 0 Å². The zero-order valence-electron chi connectivity index (χ0n) is 12.0. The van der Waals surface area contributed by atoms with Crippen molar-refractivity contribution in [2.75, 3.05) is 13.1 Å². The fourth-order valence-electron chi connectivity index (χ4n) is 2.66. The molecule has 1 N–H and O–H groups in total. The number of nitrogens with zero attached hydrogens (tertiary/aromatic N) is 1. The largest absolute Gasteiger partial charge is 0.481 e. The number of carboxylic acids is 1. The number of aliphatic carboxylic acids is 1. The van der Waals surface area contributed by atoms with E-state index in [9.17, 15) is 9.59 Å². The van der Waals surface area contributed by atoms with E-state index in [0.717, 1.165) is 11.1 Å². The van der Waals surface area contributed by atoms with Crippen LogP contribution in [0.5, 0.6) is 0 Å². The van der Waals surface area contributed by atoms with Crippen LogP contribution in [0.3, 0.4) is 0 Å². The third kappa shape index (κ3) is 3.25. The molecule has 0 saturated carbocycles. The van der Waals surface area contributed by atoms with Crippen molar-refractivity contribution in [2.24, 2.45) is 5.92 Å². The number of carboxylic acid groups (broad SMARTS) is 1. The molecule has 4 nitrogen and oxygen atoms in total. The van der Waals surface area contributed by atoms with Crippen molar-refractivity contribution >= 4 is 11.8 Å². The van der Waals surface area contributed by atoms with Crippen LogP contribution in [0.25, 0.3) is 0 Å². The SMILES string of the molecule is Cc1ccc(C(=O)C(C)N2CCC(C(=O)O)CC2)cc1. The third-order valence-electron chi connectivity index (χ3n) is 4.14. The van der Waals surface area contributed by atoms with E-state index in [2.05, 4.69) is 4.90 Å². The summed E-state index contributed by atoms with van der Waals surface area (Å²) in [5.41, 5.74) is 1.86. The Morgan fingerprint density at radius 3 is 2.25 bits per heavy atom. The maximum absolute atomic E-state index is 12.4. The number of likely N-dealkylation sites (tertiary alicyclic amines) is 1. The van der Waals surface area contributed by atoms with Crippen LogP contribution in [0.1, 0.15) is 35.7 Å². The minimum Gasteiger partial charge on any atom is -0.481 e. The Kier molecular flexibility index (Phi) is 4.55. The number of piperidine rings is 1. The summed E-state index contributed by atoms with van der Waals surface area (Å²) in [6.45, 7) is 5.25. The van der Waals surface area contributed by atoms with Crippen molar-refractivity contribution in [3.05, 3.63) is 35.4 Å². The van der Waals surface area contributed by atoms with Crippen molar-refractivity contribution in [3.63, 3.8) is 0 Å². The van der Waals surface area contributed by atoms with Gasteiger partial charge in [-0.05, 0) is 39.8 Å². The Balaban J connectivity index is 1.98. The Morgan fingerprint density at radius 2 is 1.75 bits per heavy atom.